The van der Waals surface area contributed by atoms with Gasteiger partial charge in [-0.2, -0.15) is 0 Å². The van der Waals surface area contributed by atoms with Crippen LogP contribution in [0, 0.1) is 13.8 Å². The van der Waals surface area contributed by atoms with Gasteiger partial charge in [0.2, 0.25) is 5.91 Å². The van der Waals surface area contributed by atoms with E-state index in [4.69, 9.17) is 4.74 Å². The van der Waals surface area contributed by atoms with Gasteiger partial charge in [0, 0.05) is 12.1 Å². The Morgan fingerprint density at radius 2 is 2.06 bits per heavy atom. The second kappa shape index (κ2) is 7.01. The fraction of sp³-hybridized carbons (Fsp3) is 0.500. The molecule has 0 unspecified atom stereocenters. The van der Waals surface area contributed by atoms with Crippen molar-refractivity contribution in [1.29, 1.82) is 0 Å². The largest absolute Gasteiger partial charge is 0.496 e. The number of nitrogens with one attached hydrogen (secondary N) is 2. The highest BCUT2D eigenvalue weighted by Crippen LogP contribution is 2.24. The molecule has 0 aliphatic carbocycles. The molecule has 2 N–H and O–H groups in total. The highest BCUT2D eigenvalue weighted by molar-refractivity contribution is 5.78. The van der Waals surface area contributed by atoms with E-state index in [-0.39, 0.29) is 5.91 Å². The lowest BCUT2D eigenvalue weighted by molar-refractivity contribution is -0.120. The molecule has 0 aromatic heterocycles. The van der Waals surface area contributed by atoms with Gasteiger partial charge in [0.15, 0.2) is 0 Å². The van der Waals surface area contributed by atoms with Crippen molar-refractivity contribution in [2.24, 2.45) is 0 Å². The number of rotatable bonds is 6. The lowest BCUT2D eigenvalue weighted by Crippen LogP contribution is -2.33. The molecule has 0 spiro atoms. The van der Waals surface area contributed by atoms with Crippen LogP contribution in [0.1, 0.15) is 23.6 Å². The molecule has 0 bridgehead atoms. The zero-order chi connectivity index (χ0) is 13.5. The molecule has 0 atom stereocenters. The van der Waals surface area contributed by atoms with Crippen molar-refractivity contribution >= 4 is 5.91 Å². The van der Waals surface area contributed by atoms with Gasteiger partial charge in [0.05, 0.1) is 13.7 Å². The number of ether oxygens (including phenoxy) is 1. The Kier molecular flexibility index (Phi) is 5.65. The fourth-order valence-electron chi connectivity index (χ4n) is 1.96. The van der Waals surface area contributed by atoms with Crippen molar-refractivity contribution in [3.05, 3.63) is 28.8 Å². The second-order valence-electron chi connectivity index (χ2n) is 4.33. The van der Waals surface area contributed by atoms with Gasteiger partial charge in [0.25, 0.3) is 0 Å². The zero-order valence-corrected chi connectivity index (χ0v) is 11.6. The molecule has 0 heterocycles. The van der Waals surface area contributed by atoms with Crippen molar-refractivity contribution in [2.75, 3.05) is 20.2 Å². The van der Waals surface area contributed by atoms with Crippen molar-refractivity contribution in [3.8, 4) is 5.75 Å². The second-order valence-corrected chi connectivity index (χ2v) is 4.33. The molecular weight excluding hydrogens is 228 g/mol. The number of hydrogen-bond donors (Lipinski definition) is 2. The summed E-state index contributed by atoms with van der Waals surface area (Å²) in [6.45, 7) is 7.66. The van der Waals surface area contributed by atoms with E-state index in [1.807, 2.05) is 26.8 Å². The van der Waals surface area contributed by atoms with Crippen molar-refractivity contribution in [3.63, 3.8) is 0 Å². The third kappa shape index (κ3) is 4.04. The average molecular weight is 250 g/mol. The van der Waals surface area contributed by atoms with E-state index in [1.54, 1.807) is 7.11 Å². The van der Waals surface area contributed by atoms with Crippen LogP contribution >= 0.6 is 0 Å². The van der Waals surface area contributed by atoms with E-state index < -0.39 is 0 Å². The number of aryl methyl sites for hydroxylation is 2. The van der Waals surface area contributed by atoms with E-state index in [0.717, 1.165) is 23.4 Å². The van der Waals surface area contributed by atoms with Crippen molar-refractivity contribution < 1.29 is 9.53 Å². The van der Waals surface area contributed by atoms with Crippen molar-refractivity contribution in [2.45, 2.75) is 27.3 Å². The zero-order valence-electron chi connectivity index (χ0n) is 11.6. The lowest BCUT2D eigenvalue weighted by Gasteiger charge is -2.13. The molecule has 4 nitrogen and oxygen atoms in total. The molecule has 0 saturated heterocycles. The Morgan fingerprint density at radius 1 is 1.33 bits per heavy atom. The summed E-state index contributed by atoms with van der Waals surface area (Å²) in [6, 6.07) is 4.11. The van der Waals surface area contributed by atoms with Gasteiger partial charge < -0.3 is 15.4 Å². The van der Waals surface area contributed by atoms with Crippen LogP contribution in [-0.2, 0) is 11.3 Å². The molecule has 100 valence electrons. The number of carbonyl (C=O) groups excluding carboxylic acids is 1. The lowest BCUT2D eigenvalue weighted by atomic mass is 10.1. The summed E-state index contributed by atoms with van der Waals surface area (Å²) in [6.07, 6.45) is 0. The van der Waals surface area contributed by atoms with Gasteiger partial charge in [-0.3, -0.25) is 4.79 Å². The Balaban J connectivity index is 2.69. The van der Waals surface area contributed by atoms with E-state index in [1.165, 1.54) is 5.56 Å². The first kappa shape index (κ1) is 14.5. The van der Waals surface area contributed by atoms with E-state index in [9.17, 15) is 4.79 Å². The smallest absolute Gasteiger partial charge is 0.234 e. The standard InChI is InChI=1S/C14H22N2O2/c1-5-15-9-13(17)16-8-12-7-10(2)6-11(3)14(12)18-4/h6-7,15H,5,8-9H2,1-4H3,(H,16,17). The molecular formula is C14H22N2O2. The molecule has 4 heteroatoms. The maximum Gasteiger partial charge on any atom is 0.234 e. The van der Waals surface area contributed by atoms with Gasteiger partial charge >= 0.3 is 0 Å². The Hall–Kier alpha value is -1.55. The maximum absolute atomic E-state index is 11.5. The molecule has 18 heavy (non-hydrogen) atoms. The molecule has 0 aliphatic rings. The summed E-state index contributed by atoms with van der Waals surface area (Å²) < 4.78 is 5.38. The fourth-order valence-corrected chi connectivity index (χ4v) is 1.96. The summed E-state index contributed by atoms with van der Waals surface area (Å²) in [5.74, 6) is 0.849. The van der Waals surface area contributed by atoms with Crippen LogP contribution in [0.15, 0.2) is 12.1 Å². The van der Waals surface area contributed by atoms with Crippen molar-refractivity contribution in [1.82, 2.24) is 10.6 Å². The van der Waals surface area contributed by atoms with Crippen LogP contribution in [0.25, 0.3) is 0 Å². The SMILES string of the molecule is CCNCC(=O)NCc1cc(C)cc(C)c1OC. The minimum Gasteiger partial charge on any atom is -0.496 e. The van der Waals surface area contributed by atoms with Crippen LogP contribution in [-0.4, -0.2) is 26.1 Å². The maximum atomic E-state index is 11.5. The predicted octanol–water partition coefficient (Wildman–Crippen LogP) is 1.54. The van der Waals surface area contributed by atoms with Crippen LogP contribution in [0.5, 0.6) is 5.75 Å². The highest BCUT2D eigenvalue weighted by atomic mass is 16.5. The Labute approximate surface area is 109 Å². The summed E-state index contributed by atoms with van der Waals surface area (Å²) >= 11 is 0. The molecule has 1 amide bonds. The molecule has 0 saturated carbocycles. The molecule has 1 rings (SSSR count). The topological polar surface area (TPSA) is 50.4 Å². The molecule has 1 aromatic rings. The summed E-state index contributed by atoms with van der Waals surface area (Å²) in [5, 5.41) is 5.87. The monoisotopic (exact) mass is 250 g/mol. The number of benzene rings is 1. The Morgan fingerprint density at radius 3 is 2.67 bits per heavy atom. The summed E-state index contributed by atoms with van der Waals surface area (Å²) in [7, 11) is 1.65. The van der Waals surface area contributed by atoms with Gasteiger partial charge in [-0.1, -0.05) is 24.6 Å². The van der Waals surface area contributed by atoms with Gasteiger partial charge in [-0.25, -0.2) is 0 Å². The minimum absolute atomic E-state index is 0.00179. The normalized spacial score (nSPS) is 10.2. The first-order chi connectivity index (χ1) is 8.58. The molecule has 0 fully saturated rings. The van der Waals surface area contributed by atoms with E-state index in [2.05, 4.69) is 16.7 Å². The number of likely N-dealkylation sites (N-methyl/N-ethyl adjacent to an activating group) is 1. The number of hydrogen-bond acceptors (Lipinski definition) is 3. The summed E-state index contributed by atoms with van der Waals surface area (Å²) in [4.78, 5) is 11.5. The predicted molar refractivity (Wildman–Crippen MR) is 72.9 cm³/mol. The van der Waals surface area contributed by atoms with Crippen LogP contribution in [0.3, 0.4) is 0 Å². The third-order valence-electron chi connectivity index (χ3n) is 2.71. The van der Waals surface area contributed by atoms with Crippen LogP contribution in [0.4, 0.5) is 0 Å². The van der Waals surface area contributed by atoms with Crippen LogP contribution < -0.4 is 15.4 Å². The first-order valence-corrected chi connectivity index (χ1v) is 6.20. The van der Waals surface area contributed by atoms with Gasteiger partial charge in [0.1, 0.15) is 5.75 Å². The average Bonchev–Trinajstić information content (AvgIpc) is 2.33. The minimum atomic E-state index is -0.00179. The number of amides is 1. The highest BCUT2D eigenvalue weighted by Gasteiger charge is 2.08. The third-order valence-corrected chi connectivity index (χ3v) is 2.71. The molecule has 0 aliphatic heterocycles. The number of methoxy groups -OCH3 is 1. The number of carbonyl (C=O) groups is 1. The molecule has 1 aromatic carbocycles. The van der Waals surface area contributed by atoms with Gasteiger partial charge in [-0.05, 0) is 26.0 Å². The van der Waals surface area contributed by atoms with Gasteiger partial charge in [-0.15, -0.1) is 0 Å². The quantitative estimate of drug-likeness (QED) is 0.805. The van der Waals surface area contributed by atoms with Crippen LogP contribution in [0.2, 0.25) is 0 Å². The van der Waals surface area contributed by atoms with E-state index in [0.29, 0.717) is 13.1 Å². The van der Waals surface area contributed by atoms with E-state index >= 15 is 0 Å². The Bertz CT molecular complexity index is 417. The summed E-state index contributed by atoms with van der Waals surface area (Å²) in [5.41, 5.74) is 3.28. The first-order valence-electron chi connectivity index (χ1n) is 6.20. The molecule has 0 radical (unpaired) electrons.